The lowest BCUT2D eigenvalue weighted by molar-refractivity contribution is 0.0949. The minimum Gasteiger partial charge on any atom is -0.494 e. The Morgan fingerprint density at radius 2 is 1.93 bits per heavy atom. The van der Waals surface area contributed by atoms with E-state index in [1.807, 2.05) is 74.5 Å². The number of amides is 1. The average Bonchev–Trinajstić information content (AvgIpc) is 3.11. The molecule has 6 nitrogen and oxygen atoms in total. The molecule has 0 fully saturated rings. The maximum atomic E-state index is 12.3. The van der Waals surface area contributed by atoms with E-state index in [9.17, 15) is 4.79 Å². The second kappa shape index (κ2) is 9.32. The van der Waals surface area contributed by atoms with Gasteiger partial charge in [-0.25, -0.2) is 5.43 Å². The van der Waals surface area contributed by atoms with Crippen molar-refractivity contribution in [2.75, 3.05) is 6.61 Å². The first-order chi connectivity index (χ1) is 13.7. The van der Waals surface area contributed by atoms with Gasteiger partial charge in [0.15, 0.2) is 0 Å². The topological polar surface area (TPSA) is 79.4 Å². The Morgan fingerprint density at radius 1 is 1.18 bits per heavy atom. The molecule has 3 aromatic rings. The van der Waals surface area contributed by atoms with Crippen LogP contribution in [0, 0.1) is 6.92 Å². The van der Waals surface area contributed by atoms with Crippen LogP contribution in [-0.4, -0.2) is 28.9 Å². The van der Waals surface area contributed by atoms with Crippen LogP contribution in [-0.2, 0) is 0 Å². The summed E-state index contributed by atoms with van der Waals surface area (Å²) in [5, 5.41) is 11.0. The fourth-order valence-electron chi connectivity index (χ4n) is 2.69. The molecule has 0 radical (unpaired) electrons. The summed E-state index contributed by atoms with van der Waals surface area (Å²) in [7, 11) is 0. The number of hydrogen-bond acceptors (Lipinski definition) is 4. The molecule has 0 saturated carbocycles. The zero-order chi connectivity index (χ0) is 19.8. The van der Waals surface area contributed by atoms with Crippen molar-refractivity contribution in [1.29, 1.82) is 0 Å². The number of hydrazone groups is 1. The lowest BCUT2D eigenvalue weighted by atomic mass is 10.1. The number of rotatable bonds is 7. The van der Waals surface area contributed by atoms with E-state index in [4.69, 9.17) is 4.74 Å². The fraction of sp³-hybridized carbons (Fsp3) is 0.136. The maximum absolute atomic E-state index is 12.3. The molecule has 2 N–H and O–H groups in total. The van der Waals surface area contributed by atoms with Crippen LogP contribution < -0.4 is 10.2 Å². The lowest BCUT2D eigenvalue weighted by Crippen LogP contribution is -2.18. The monoisotopic (exact) mass is 374 g/mol. The second-order valence-corrected chi connectivity index (χ2v) is 6.02. The minimum atomic E-state index is -0.341. The number of aromatic amines is 1. The van der Waals surface area contributed by atoms with Gasteiger partial charge in [0.05, 0.1) is 12.3 Å². The molecule has 1 aromatic heterocycles. The van der Waals surface area contributed by atoms with Gasteiger partial charge >= 0.3 is 0 Å². The quantitative estimate of drug-likeness (QED) is 0.480. The fourth-order valence-corrected chi connectivity index (χ4v) is 2.69. The van der Waals surface area contributed by atoms with Gasteiger partial charge in [-0.1, -0.05) is 36.4 Å². The molecule has 0 atom stereocenters. The van der Waals surface area contributed by atoms with Crippen molar-refractivity contribution in [3.05, 3.63) is 77.5 Å². The highest BCUT2D eigenvalue weighted by Crippen LogP contribution is 2.25. The molecule has 0 spiro atoms. The van der Waals surface area contributed by atoms with Gasteiger partial charge in [-0.3, -0.25) is 9.89 Å². The Hall–Kier alpha value is -3.67. The number of H-pyrrole nitrogens is 1. The Kier molecular flexibility index (Phi) is 6.36. The zero-order valence-corrected chi connectivity index (χ0v) is 15.8. The third-order valence-electron chi connectivity index (χ3n) is 4.09. The lowest BCUT2D eigenvalue weighted by Gasteiger charge is -2.04. The van der Waals surface area contributed by atoms with Gasteiger partial charge in [-0.2, -0.15) is 10.2 Å². The molecule has 1 heterocycles. The van der Waals surface area contributed by atoms with E-state index in [-0.39, 0.29) is 5.91 Å². The molecule has 0 bridgehead atoms. The number of carbonyl (C=O) groups excluding carboxylic acids is 1. The zero-order valence-electron chi connectivity index (χ0n) is 15.8. The first kappa shape index (κ1) is 19.1. The number of aromatic nitrogens is 2. The molecule has 28 heavy (non-hydrogen) atoms. The first-order valence-corrected chi connectivity index (χ1v) is 9.02. The third-order valence-corrected chi connectivity index (χ3v) is 4.09. The van der Waals surface area contributed by atoms with E-state index < -0.39 is 0 Å². The van der Waals surface area contributed by atoms with Crippen molar-refractivity contribution < 1.29 is 9.53 Å². The number of carbonyl (C=O) groups is 1. The van der Waals surface area contributed by atoms with Gasteiger partial charge in [-0.15, -0.1) is 0 Å². The maximum Gasteiger partial charge on any atom is 0.289 e. The normalized spacial score (nSPS) is 11.2. The molecule has 3 rings (SSSR count). The van der Waals surface area contributed by atoms with E-state index in [0.29, 0.717) is 12.3 Å². The summed E-state index contributed by atoms with van der Waals surface area (Å²) in [6.07, 6.45) is 5.20. The van der Waals surface area contributed by atoms with E-state index in [1.165, 1.54) is 6.21 Å². The molecule has 142 valence electrons. The first-order valence-electron chi connectivity index (χ1n) is 9.02. The third kappa shape index (κ3) is 4.73. The van der Waals surface area contributed by atoms with Crippen LogP contribution in [0.1, 0.15) is 28.5 Å². The SMILES string of the molecule is CCOc1ccc(-c2n[nH]c(C(=O)N/N=C\C=C\c3ccccc3)c2C)cc1. The minimum absolute atomic E-state index is 0.341. The Bertz CT molecular complexity index is 974. The molecule has 2 aromatic carbocycles. The van der Waals surface area contributed by atoms with Crippen LogP contribution in [0.2, 0.25) is 0 Å². The van der Waals surface area contributed by atoms with Crippen LogP contribution in [0.25, 0.3) is 17.3 Å². The number of nitrogens with one attached hydrogen (secondary N) is 2. The molecule has 0 aliphatic rings. The number of allylic oxidation sites excluding steroid dienone is 1. The molecule has 0 aliphatic heterocycles. The number of ether oxygens (including phenoxy) is 1. The van der Waals surface area contributed by atoms with Crippen molar-refractivity contribution in [3.63, 3.8) is 0 Å². The molecule has 0 unspecified atom stereocenters. The van der Waals surface area contributed by atoms with Crippen molar-refractivity contribution in [2.24, 2.45) is 5.10 Å². The number of nitrogens with zero attached hydrogens (tertiary/aromatic N) is 2. The van der Waals surface area contributed by atoms with E-state index in [0.717, 1.165) is 28.1 Å². The van der Waals surface area contributed by atoms with E-state index in [2.05, 4.69) is 20.7 Å². The van der Waals surface area contributed by atoms with Gasteiger partial charge in [0, 0.05) is 17.3 Å². The van der Waals surface area contributed by atoms with Gasteiger partial charge in [0.1, 0.15) is 11.4 Å². The smallest absolute Gasteiger partial charge is 0.289 e. The summed E-state index contributed by atoms with van der Waals surface area (Å²) in [6, 6.07) is 17.5. The number of benzene rings is 2. The van der Waals surface area contributed by atoms with Crippen molar-refractivity contribution >= 4 is 18.2 Å². The highest BCUT2D eigenvalue weighted by molar-refractivity contribution is 5.95. The summed E-state index contributed by atoms with van der Waals surface area (Å²) in [6.45, 7) is 4.41. The van der Waals surface area contributed by atoms with Crippen molar-refractivity contribution in [1.82, 2.24) is 15.6 Å². The summed E-state index contributed by atoms with van der Waals surface area (Å²) >= 11 is 0. The predicted molar refractivity (Wildman–Crippen MR) is 111 cm³/mol. The van der Waals surface area contributed by atoms with Crippen molar-refractivity contribution in [3.8, 4) is 17.0 Å². The van der Waals surface area contributed by atoms with Gasteiger partial charge in [-0.05, 0) is 49.8 Å². The summed E-state index contributed by atoms with van der Waals surface area (Å²) in [4.78, 5) is 12.3. The van der Waals surface area contributed by atoms with Crippen LogP contribution >= 0.6 is 0 Å². The largest absolute Gasteiger partial charge is 0.494 e. The Balaban J connectivity index is 1.63. The van der Waals surface area contributed by atoms with E-state index >= 15 is 0 Å². The highest BCUT2D eigenvalue weighted by atomic mass is 16.5. The van der Waals surface area contributed by atoms with Crippen LogP contribution in [0.3, 0.4) is 0 Å². The molecule has 1 amide bonds. The summed E-state index contributed by atoms with van der Waals surface area (Å²) in [5.74, 6) is 0.460. The molecular formula is C22H22N4O2. The predicted octanol–water partition coefficient (Wildman–Crippen LogP) is 4.21. The average molecular weight is 374 g/mol. The van der Waals surface area contributed by atoms with Crippen molar-refractivity contribution in [2.45, 2.75) is 13.8 Å². The van der Waals surface area contributed by atoms with Crippen LogP contribution in [0.5, 0.6) is 5.75 Å². The standard InChI is InChI=1S/C22H22N4O2/c1-3-28-19-13-11-18(12-14-19)20-16(2)21(25-24-20)22(27)26-23-15-7-10-17-8-5-4-6-9-17/h4-15H,3H2,1-2H3,(H,24,25)(H,26,27)/b10-7+,23-15-. The summed E-state index contributed by atoms with van der Waals surface area (Å²) < 4.78 is 5.45. The Labute approximate surface area is 163 Å². The van der Waals surface area contributed by atoms with E-state index in [1.54, 1.807) is 6.08 Å². The van der Waals surface area contributed by atoms with Gasteiger partial charge in [0.2, 0.25) is 0 Å². The molecular weight excluding hydrogens is 352 g/mol. The highest BCUT2D eigenvalue weighted by Gasteiger charge is 2.16. The molecule has 0 saturated heterocycles. The molecule has 0 aliphatic carbocycles. The van der Waals surface area contributed by atoms with Gasteiger partial charge in [0.25, 0.3) is 5.91 Å². The molecule has 6 heteroatoms. The Morgan fingerprint density at radius 3 is 2.64 bits per heavy atom. The van der Waals surface area contributed by atoms with Crippen LogP contribution in [0.4, 0.5) is 0 Å². The second-order valence-electron chi connectivity index (χ2n) is 6.02. The number of hydrogen-bond donors (Lipinski definition) is 2. The van der Waals surface area contributed by atoms with Crippen LogP contribution in [0.15, 0.2) is 65.8 Å². The summed E-state index contributed by atoms with van der Waals surface area (Å²) in [5.41, 5.74) is 6.34. The van der Waals surface area contributed by atoms with Gasteiger partial charge < -0.3 is 4.74 Å².